The van der Waals surface area contributed by atoms with Gasteiger partial charge in [-0.05, 0) is 206 Å². The number of alkyl carbamates (subject to hydrolysis) is 2. The zero-order valence-corrected chi connectivity index (χ0v) is 43.2. The van der Waals surface area contributed by atoms with Gasteiger partial charge >= 0.3 is 18.3 Å². The summed E-state index contributed by atoms with van der Waals surface area (Å²) in [5.41, 5.74) is 0.0908. The Kier molecular flexibility index (Phi) is 18.4. The number of carbonyl (C=O) groups excluding carboxylic acids is 3. The molecule has 8 unspecified atom stereocenters. The Hall–Kier alpha value is -2.49. The molecular formula is C53H96N4O6. The quantitative estimate of drug-likeness (QED) is 0.0633. The number of rotatable bonds is 20. The maximum Gasteiger partial charge on any atom is 0.410 e. The van der Waals surface area contributed by atoms with Gasteiger partial charge < -0.3 is 35.1 Å². The van der Waals surface area contributed by atoms with Crippen LogP contribution >= 0.6 is 0 Å². The van der Waals surface area contributed by atoms with Crippen molar-refractivity contribution in [3.8, 4) is 0 Å². The molecule has 0 aromatic carbocycles. The first-order chi connectivity index (χ1) is 29.2. The van der Waals surface area contributed by atoms with Crippen molar-refractivity contribution in [3.63, 3.8) is 0 Å². The molecule has 0 aromatic heterocycles. The second-order valence-electron chi connectivity index (χ2n) is 24.6. The van der Waals surface area contributed by atoms with Crippen molar-refractivity contribution in [1.29, 1.82) is 0 Å². The molecule has 0 radical (unpaired) electrons. The molecule has 3 N–H and O–H groups in total. The van der Waals surface area contributed by atoms with E-state index >= 15 is 0 Å². The molecule has 0 aliphatic heterocycles. The van der Waals surface area contributed by atoms with Gasteiger partial charge in [0.1, 0.15) is 17.3 Å². The smallest absolute Gasteiger partial charge is 0.410 e. The van der Waals surface area contributed by atoms with Gasteiger partial charge in [-0.15, -0.1) is 0 Å². The summed E-state index contributed by atoms with van der Waals surface area (Å²) in [5.74, 6) is 4.89. The number of ether oxygens (including phenoxy) is 3. The third kappa shape index (κ3) is 15.5. The highest BCUT2D eigenvalue weighted by Gasteiger charge is 2.58. The first-order valence-corrected chi connectivity index (χ1v) is 25.5. The van der Waals surface area contributed by atoms with Crippen LogP contribution in [-0.2, 0) is 14.2 Å². The Morgan fingerprint density at radius 3 is 2.02 bits per heavy atom. The molecule has 4 aliphatic carbocycles. The number of hydrogen-bond donors (Lipinski definition) is 3. The maximum atomic E-state index is 14.1. The molecule has 10 heteroatoms. The van der Waals surface area contributed by atoms with Gasteiger partial charge in [0.05, 0.1) is 0 Å². The van der Waals surface area contributed by atoms with E-state index in [-0.39, 0.29) is 17.6 Å². The second-order valence-corrected chi connectivity index (χ2v) is 24.6. The molecule has 10 nitrogen and oxygen atoms in total. The third-order valence-electron chi connectivity index (χ3n) is 16.0. The van der Waals surface area contributed by atoms with Crippen molar-refractivity contribution in [1.82, 2.24) is 20.9 Å². The van der Waals surface area contributed by atoms with Crippen LogP contribution in [0.15, 0.2) is 11.6 Å². The molecule has 8 atom stereocenters. The van der Waals surface area contributed by atoms with Crippen LogP contribution in [0, 0.1) is 46.3 Å². The van der Waals surface area contributed by atoms with E-state index < -0.39 is 34.5 Å². The number of hydrogen-bond acceptors (Lipinski definition) is 7. The third-order valence-corrected chi connectivity index (χ3v) is 16.0. The molecule has 3 fully saturated rings. The number of nitrogens with one attached hydrogen (secondary N) is 3. The minimum atomic E-state index is -0.596. The van der Waals surface area contributed by atoms with Crippen molar-refractivity contribution < 1.29 is 28.6 Å². The van der Waals surface area contributed by atoms with Crippen LogP contribution in [0.25, 0.3) is 0 Å². The first kappa shape index (κ1) is 53.1. The predicted octanol–water partition coefficient (Wildman–Crippen LogP) is 13.0. The van der Waals surface area contributed by atoms with Gasteiger partial charge in [-0.3, -0.25) is 0 Å². The van der Waals surface area contributed by atoms with Crippen molar-refractivity contribution in [2.75, 3.05) is 26.2 Å². The van der Waals surface area contributed by atoms with Crippen LogP contribution in [-0.4, -0.2) is 77.7 Å². The highest BCUT2D eigenvalue weighted by molar-refractivity contribution is 5.69. The Bertz CT molecular complexity index is 1530. The Morgan fingerprint density at radius 2 is 1.41 bits per heavy atom. The summed E-state index contributed by atoms with van der Waals surface area (Å²) in [5, 5.41) is 9.51. The molecule has 0 bridgehead atoms. The number of carbonyl (C=O) groups is 3. The second kappa shape index (κ2) is 21.9. The fourth-order valence-electron chi connectivity index (χ4n) is 12.2. The molecule has 0 saturated heterocycles. The van der Waals surface area contributed by atoms with Crippen molar-refractivity contribution in [2.45, 2.75) is 235 Å². The van der Waals surface area contributed by atoms with Crippen LogP contribution < -0.4 is 16.0 Å². The minimum absolute atomic E-state index is 0.120. The summed E-state index contributed by atoms with van der Waals surface area (Å²) >= 11 is 0. The summed E-state index contributed by atoms with van der Waals surface area (Å²) in [4.78, 5) is 41.0. The first-order valence-electron chi connectivity index (χ1n) is 25.5. The molecule has 4 aliphatic rings. The molecular weight excluding hydrogens is 789 g/mol. The van der Waals surface area contributed by atoms with Crippen LogP contribution in [0.3, 0.4) is 0 Å². The van der Waals surface area contributed by atoms with E-state index in [0.29, 0.717) is 24.9 Å². The van der Waals surface area contributed by atoms with E-state index in [1.165, 1.54) is 63.4 Å². The Labute approximate surface area is 385 Å². The monoisotopic (exact) mass is 885 g/mol. The van der Waals surface area contributed by atoms with Gasteiger partial charge in [-0.2, -0.15) is 0 Å². The number of unbranched alkanes of at least 4 members (excludes halogenated alkanes) is 1. The largest absolute Gasteiger partial charge is 0.446 e. The molecule has 4 rings (SSSR count). The lowest BCUT2D eigenvalue weighted by Crippen LogP contribution is -2.51. The normalized spacial score (nSPS) is 27.9. The summed E-state index contributed by atoms with van der Waals surface area (Å²) in [6.45, 7) is 34.1. The van der Waals surface area contributed by atoms with E-state index in [1.54, 1.807) is 0 Å². The lowest BCUT2D eigenvalue weighted by molar-refractivity contribution is -0.0535. The maximum absolute atomic E-state index is 14.1. The molecule has 0 spiro atoms. The van der Waals surface area contributed by atoms with Crippen LogP contribution in [0.5, 0.6) is 0 Å². The van der Waals surface area contributed by atoms with E-state index in [4.69, 9.17) is 14.2 Å². The number of fused-ring (bicyclic) bond motifs is 5. The number of nitrogens with zero attached hydrogens (tertiary/aromatic N) is 1. The van der Waals surface area contributed by atoms with Crippen LogP contribution in [0.4, 0.5) is 14.4 Å². The highest BCUT2D eigenvalue weighted by atomic mass is 16.6. The minimum Gasteiger partial charge on any atom is -0.446 e. The standard InChI is InChI=1S/C53H96N4O6/c1-16-38(37(2)3)20-19-21-39-23-25-43-42-24-22-40-36-41(26-28-53(40,15)44(42)27-29-52(39,43)14)61-47(60)57(35-31-51(12,13)56-46(59)63-49(7,8)9)34-18-17-32-54-33-30-50(10,11)55-45(58)62-48(4,5)6/h22,37-39,41-44,54H,16-21,23-36H2,1-15H3,(H,55,58)(H,56,59). The zero-order valence-electron chi connectivity index (χ0n) is 43.2. The lowest BCUT2D eigenvalue weighted by Gasteiger charge is -2.58. The topological polar surface area (TPSA) is 118 Å². The zero-order chi connectivity index (χ0) is 47.0. The molecule has 0 aromatic rings. The Balaban J connectivity index is 1.33. The van der Waals surface area contributed by atoms with Crippen molar-refractivity contribution in [3.05, 3.63) is 11.6 Å². The molecule has 0 heterocycles. The van der Waals surface area contributed by atoms with Crippen LogP contribution in [0.1, 0.15) is 207 Å². The van der Waals surface area contributed by atoms with Crippen LogP contribution in [0.2, 0.25) is 0 Å². The predicted molar refractivity (Wildman–Crippen MR) is 258 cm³/mol. The summed E-state index contributed by atoms with van der Waals surface area (Å²) in [6, 6.07) is 0. The van der Waals surface area contributed by atoms with Gasteiger partial charge in [-0.1, -0.05) is 65.5 Å². The van der Waals surface area contributed by atoms with E-state index in [9.17, 15) is 14.4 Å². The van der Waals surface area contributed by atoms with E-state index in [0.717, 1.165) is 87.1 Å². The summed E-state index contributed by atoms with van der Waals surface area (Å²) < 4.78 is 17.4. The average molecular weight is 885 g/mol. The lowest BCUT2D eigenvalue weighted by atomic mass is 9.47. The van der Waals surface area contributed by atoms with E-state index in [1.807, 2.05) is 74.1 Å². The fourth-order valence-corrected chi connectivity index (χ4v) is 12.2. The average Bonchev–Trinajstić information content (AvgIpc) is 3.47. The van der Waals surface area contributed by atoms with Gasteiger partial charge in [0.25, 0.3) is 0 Å². The van der Waals surface area contributed by atoms with E-state index in [2.05, 4.69) is 56.6 Å². The van der Waals surface area contributed by atoms with Gasteiger partial charge in [0, 0.05) is 30.6 Å². The molecule has 364 valence electrons. The Morgan fingerprint density at radius 1 is 0.778 bits per heavy atom. The molecule has 3 amide bonds. The number of allylic oxidation sites excluding steroid dienone is 1. The SMILES string of the molecule is CCC(CCCC1CCC2C3CC=C4CC(OC(=O)N(CCCCNCCC(C)(C)NC(=O)OC(C)(C)C)CCC(C)(C)NC(=O)OC(C)(C)C)CCC4(C)C3CCC12C)C(C)C. The highest BCUT2D eigenvalue weighted by Crippen LogP contribution is 2.67. The van der Waals surface area contributed by atoms with Crippen molar-refractivity contribution >= 4 is 18.3 Å². The number of amides is 3. The summed E-state index contributed by atoms with van der Waals surface area (Å²) in [7, 11) is 0. The van der Waals surface area contributed by atoms with Gasteiger partial charge in [0.2, 0.25) is 0 Å². The van der Waals surface area contributed by atoms with Gasteiger partial charge in [-0.25, -0.2) is 14.4 Å². The van der Waals surface area contributed by atoms with Crippen molar-refractivity contribution in [2.24, 2.45) is 46.3 Å². The summed E-state index contributed by atoms with van der Waals surface area (Å²) in [6.07, 6.45) is 19.5. The molecule has 3 saturated carbocycles. The fraction of sp³-hybridized carbons (Fsp3) is 0.906. The van der Waals surface area contributed by atoms with Gasteiger partial charge in [0.15, 0.2) is 0 Å². The molecule has 63 heavy (non-hydrogen) atoms.